The van der Waals surface area contributed by atoms with E-state index < -0.39 is 0 Å². The van der Waals surface area contributed by atoms with Gasteiger partial charge >= 0.3 is 0 Å². The van der Waals surface area contributed by atoms with Crippen LogP contribution in [0.4, 0.5) is 0 Å². The van der Waals surface area contributed by atoms with Crippen molar-refractivity contribution in [1.82, 2.24) is 0 Å². The Labute approximate surface area is 80.4 Å². The van der Waals surface area contributed by atoms with Gasteiger partial charge in [-0.1, -0.05) is 31.2 Å². The van der Waals surface area contributed by atoms with Gasteiger partial charge in [-0.05, 0) is 12.5 Å². The summed E-state index contributed by atoms with van der Waals surface area (Å²) in [4.78, 5) is 9.94. The van der Waals surface area contributed by atoms with E-state index in [1.165, 1.54) is 0 Å². The monoisotopic (exact) mass is 176 g/mol. The van der Waals surface area contributed by atoms with E-state index in [-0.39, 0.29) is 6.61 Å². The van der Waals surface area contributed by atoms with E-state index in [9.17, 15) is 4.79 Å². The van der Waals surface area contributed by atoms with Crippen molar-refractivity contribution >= 4 is 14.3 Å². The molecule has 3 heteroatoms. The fourth-order valence-electron chi connectivity index (χ4n) is 0.700. The van der Waals surface area contributed by atoms with Crippen LogP contribution in [-0.4, -0.2) is 20.9 Å². The van der Waals surface area contributed by atoms with Gasteiger partial charge in [-0.15, -0.1) is 5.47 Å². The van der Waals surface area contributed by atoms with E-state index in [1.54, 1.807) is 6.92 Å². The van der Waals surface area contributed by atoms with E-state index in [0.29, 0.717) is 11.9 Å². The Hall–Kier alpha value is -1.25. The summed E-state index contributed by atoms with van der Waals surface area (Å²) in [6.45, 7) is 4.32. The summed E-state index contributed by atoms with van der Waals surface area (Å²) in [5.41, 5.74) is 1.47. The van der Waals surface area contributed by atoms with Crippen molar-refractivity contribution < 1.29 is 9.53 Å². The zero-order valence-corrected chi connectivity index (χ0v) is 7.99. The lowest BCUT2D eigenvalue weighted by atomic mass is 9.92. The summed E-state index contributed by atoms with van der Waals surface area (Å²) in [6, 6.07) is 0. The molecule has 0 aliphatic rings. The quantitative estimate of drug-likeness (QED) is 0.362. The number of carbonyl (C=O) groups is 1. The molecule has 0 saturated heterocycles. The Morgan fingerprint density at radius 1 is 1.46 bits per heavy atom. The number of carbonyl (C=O) groups excluding carboxylic acids is 1. The molecule has 0 spiro atoms. The molecule has 2 radical (unpaired) electrons. The van der Waals surface area contributed by atoms with Crippen molar-refractivity contribution in [3.05, 3.63) is 35.3 Å². The molecule has 0 aliphatic heterocycles. The molecule has 0 bridgehead atoms. The number of allylic oxidation sites excluding steroid dienone is 4. The Kier molecular flexibility index (Phi) is 6.70. The summed E-state index contributed by atoms with van der Waals surface area (Å²) in [7, 11) is 5.57. The second kappa shape index (κ2) is 7.41. The van der Waals surface area contributed by atoms with Gasteiger partial charge in [-0.25, -0.2) is 0 Å². The molecule has 0 amide bonds. The van der Waals surface area contributed by atoms with Gasteiger partial charge in [-0.2, -0.15) is 0 Å². The molecule has 0 heterocycles. The van der Waals surface area contributed by atoms with E-state index in [1.807, 2.05) is 31.2 Å². The first-order chi connectivity index (χ1) is 6.22. The third-order valence-corrected chi connectivity index (χ3v) is 1.41. The highest BCUT2D eigenvalue weighted by atomic mass is 16.5. The van der Waals surface area contributed by atoms with Gasteiger partial charge in [0.25, 0.3) is 6.47 Å². The Balaban J connectivity index is 4.28. The molecule has 0 aromatic heterocycles. The van der Waals surface area contributed by atoms with E-state index in [2.05, 4.69) is 4.74 Å². The van der Waals surface area contributed by atoms with E-state index >= 15 is 0 Å². The zero-order valence-electron chi connectivity index (χ0n) is 7.99. The molecule has 0 fully saturated rings. The summed E-state index contributed by atoms with van der Waals surface area (Å²) in [5, 5.41) is 0. The maximum Gasteiger partial charge on any atom is 0.293 e. The Bertz CT molecular complexity index is 235. The van der Waals surface area contributed by atoms with Crippen molar-refractivity contribution in [3.8, 4) is 0 Å². The van der Waals surface area contributed by atoms with Crippen LogP contribution in [-0.2, 0) is 9.53 Å². The zero-order chi connectivity index (χ0) is 10.1. The Morgan fingerprint density at radius 3 is 2.62 bits per heavy atom. The first-order valence-electron chi connectivity index (χ1n) is 4.02. The van der Waals surface area contributed by atoms with Gasteiger partial charge < -0.3 is 4.74 Å². The van der Waals surface area contributed by atoms with Crippen LogP contribution in [0.3, 0.4) is 0 Å². The third-order valence-electron chi connectivity index (χ3n) is 1.41. The van der Waals surface area contributed by atoms with Crippen LogP contribution < -0.4 is 0 Å². The molecule has 2 nitrogen and oxygen atoms in total. The first-order valence-corrected chi connectivity index (χ1v) is 4.02. The minimum Gasteiger partial charge on any atom is -0.463 e. The minimum atomic E-state index is 0.222. The van der Waals surface area contributed by atoms with Crippen LogP contribution in [0.5, 0.6) is 0 Å². The van der Waals surface area contributed by atoms with Gasteiger partial charge in [0.15, 0.2) is 0 Å². The molecule has 0 unspecified atom stereocenters. The maximum atomic E-state index is 9.94. The standard InChI is InChI=1S/C10H13BO2/c1-3-4-5-6-10(9(2)11)7-13-8-12/h3-6,8H,7H2,1-2H3/b4-3-,6-5-,10-9-. The molecule has 68 valence electrons. The number of ether oxygens (including phenoxy) is 1. The molecular weight excluding hydrogens is 163 g/mol. The maximum absolute atomic E-state index is 9.94. The largest absolute Gasteiger partial charge is 0.463 e. The Morgan fingerprint density at radius 2 is 2.15 bits per heavy atom. The molecule has 0 aromatic carbocycles. The first kappa shape index (κ1) is 11.8. The molecular formula is C10H13BO2. The molecule has 0 atom stereocenters. The SMILES string of the molecule is [B]/C(C)=C(/C=C\C=C/C)COC=O. The normalized spacial score (nSPS) is 13.4. The molecule has 0 rings (SSSR count). The molecule has 0 N–H and O–H groups in total. The van der Waals surface area contributed by atoms with Crippen LogP contribution in [0.25, 0.3) is 0 Å². The summed E-state index contributed by atoms with van der Waals surface area (Å²) < 4.78 is 4.59. The van der Waals surface area contributed by atoms with Crippen molar-refractivity contribution in [2.24, 2.45) is 0 Å². The predicted octanol–water partition coefficient (Wildman–Crippen LogP) is 1.73. The van der Waals surface area contributed by atoms with E-state index in [4.69, 9.17) is 7.85 Å². The molecule has 0 aromatic rings. The lowest BCUT2D eigenvalue weighted by Gasteiger charge is -2.02. The molecule has 0 aliphatic carbocycles. The van der Waals surface area contributed by atoms with Crippen LogP contribution >= 0.6 is 0 Å². The highest BCUT2D eigenvalue weighted by molar-refractivity contribution is 6.21. The van der Waals surface area contributed by atoms with Crippen molar-refractivity contribution in [3.63, 3.8) is 0 Å². The molecule has 13 heavy (non-hydrogen) atoms. The van der Waals surface area contributed by atoms with Crippen molar-refractivity contribution in [1.29, 1.82) is 0 Å². The summed E-state index contributed by atoms with van der Waals surface area (Å²) >= 11 is 0. The third kappa shape index (κ3) is 5.97. The smallest absolute Gasteiger partial charge is 0.293 e. The topological polar surface area (TPSA) is 26.3 Å². The average Bonchev–Trinajstić information content (AvgIpc) is 2.10. The predicted molar refractivity (Wildman–Crippen MR) is 54.4 cm³/mol. The highest BCUT2D eigenvalue weighted by Gasteiger charge is 1.93. The second-order valence-corrected chi connectivity index (χ2v) is 2.50. The van der Waals surface area contributed by atoms with Crippen LogP contribution in [0.2, 0.25) is 0 Å². The van der Waals surface area contributed by atoms with Crippen molar-refractivity contribution in [2.75, 3.05) is 6.61 Å². The van der Waals surface area contributed by atoms with Gasteiger partial charge in [0.2, 0.25) is 0 Å². The fourth-order valence-corrected chi connectivity index (χ4v) is 0.700. The van der Waals surface area contributed by atoms with Gasteiger partial charge in [0.05, 0.1) is 0 Å². The minimum absolute atomic E-state index is 0.222. The number of hydrogen-bond donors (Lipinski definition) is 0. The van der Waals surface area contributed by atoms with Crippen LogP contribution in [0, 0.1) is 0 Å². The van der Waals surface area contributed by atoms with E-state index in [0.717, 1.165) is 5.57 Å². The van der Waals surface area contributed by atoms with Crippen LogP contribution in [0.1, 0.15) is 13.8 Å². The lowest BCUT2D eigenvalue weighted by Crippen LogP contribution is -1.97. The average molecular weight is 176 g/mol. The van der Waals surface area contributed by atoms with Gasteiger partial charge in [-0.3, -0.25) is 4.79 Å². The fraction of sp³-hybridized carbons (Fsp3) is 0.300. The van der Waals surface area contributed by atoms with Gasteiger partial charge in [0.1, 0.15) is 14.5 Å². The number of hydrogen-bond acceptors (Lipinski definition) is 2. The van der Waals surface area contributed by atoms with Gasteiger partial charge in [0, 0.05) is 0 Å². The molecule has 0 saturated carbocycles. The summed E-state index contributed by atoms with van der Waals surface area (Å²) in [6.07, 6.45) is 7.45. The van der Waals surface area contributed by atoms with Crippen LogP contribution in [0.15, 0.2) is 35.3 Å². The summed E-state index contributed by atoms with van der Waals surface area (Å²) in [5.74, 6) is 0. The lowest BCUT2D eigenvalue weighted by molar-refractivity contribution is -0.127. The van der Waals surface area contributed by atoms with Crippen molar-refractivity contribution in [2.45, 2.75) is 13.8 Å². The number of rotatable bonds is 5. The highest BCUT2D eigenvalue weighted by Crippen LogP contribution is 2.03. The second-order valence-electron chi connectivity index (χ2n) is 2.50.